The van der Waals surface area contributed by atoms with E-state index in [4.69, 9.17) is 16.3 Å². The molecule has 2 aliphatic carbocycles. The molecule has 0 spiro atoms. The SMILES string of the molecule is FC(F)(F)COCC1(CCl)CC2CCC1C2. The van der Waals surface area contributed by atoms with Gasteiger partial charge in [-0.25, -0.2) is 0 Å². The van der Waals surface area contributed by atoms with E-state index in [9.17, 15) is 13.2 Å². The zero-order chi connectivity index (χ0) is 11.8. The molecule has 0 aromatic heterocycles. The van der Waals surface area contributed by atoms with Crippen molar-refractivity contribution in [1.29, 1.82) is 0 Å². The highest BCUT2D eigenvalue weighted by atomic mass is 35.5. The van der Waals surface area contributed by atoms with E-state index in [0.717, 1.165) is 19.3 Å². The van der Waals surface area contributed by atoms with E-state index >= 15 is 0 Å². The summed E-state index contributed by atoms with van der Waals surface area (Å²) in [4.78, 5) is 0. The number of halogens is 4. The van der Waals surface area contributed by atoms with Crippen LogP contribution in [0.4, 0.5) is 13.2 Å². The van der Waals surface area contributed by atoms with Gasteiger partial charge in [0.25, 0.3) is 0 Å². The Bertz CT molecular complexity index is 256. The van der Waals surface area contributed by atoms with Crippen molar-refractivity contribution >= 4 is 11.6 Å². The fraction of sp³-hybridized carbons (Fsp3) is 1.00. The fourth-order valence-electron chi connectivity index (χ4n) is 3.31. The fourth-order valence-corrected chi connectivity index (χ4v) is 3.71. The van der Waals surface area contributed by atoms with E-state index in [1.54, 1.807) is 0 Å². The van der Waals surface area contributed by atoms with Crippen LogP contribution in [0.25, 0.3) is 0 Å². The maximum Gasteiger partial charge on any atom is 0.411 e. The van der Waals surface area contributed by atoms with Gasteiger partial charge in [-0.15, -0.1) is 11.6 Å². The van der Waals surface area contributed by atoms with Crippen LogP contribution >= 0.6 is 11.6 Å². The van der Waals surface area contributed by atoms with Crippen LogP contribution in [0, 0.1) is 17.3 Å². The molecular weight excluding hydrogens is 241 g/mol. The molecule has 0 aromatic carbocycles. The van der Waals surface area contributed by atoms with E-state index in [2.05, 4.69) is 0 Å². The first-order valence-corrected chi connectivity index (χ1v) is 6.19. The van der Waals surface area contributed by atoms with Crippen molar-refractivity contribution in [2.75, 3.05) is 19.1 Å². The Morgan fingerprint density at radius 2 is 2.06 bits per heavy atom. The summed E-state index contributed by atoms with van der Waals surface area (Å²) in [5.41, 5.74) is -0.185. The minimum Gasteiger partial charge on any atom is -0.371 e. The molecule has 0 aromatic rings. The van der Waals surface area contributed by atoms with Gasteiger partial charge in [-0.2, -0.15) is 13.2 Å². The maximum atomic E-state index is 12.0. The molecule has 0 amide bonds. The molecule has 0 radical (unpaired) electrons. The largest absolute Gasteiger partial charge is 0.411 e. The van der Waals surface area contributed by atoms with Gasteiger partial charge in [0.05, 0.1) is 6.61 Å². The zero-order valence-electron chi connectivity index (χ0n) is 9.02. The van der Waals surface area contributed by atoms with Crippen LogP contribution in [0.1, 0.15) is 25.7 Å². The molecule has 2 fully saturated rings. The van der Waals surface area contributed by atoms with Crippen molar-refractivity contribution in [2.24, 2.45) is 17.3 Å². The van der Waals surface area contributed by atoms with Gasteiger partial charge in [-0.1, -0.05) is 6.42 Å². The van der Waals surface area contributed by atoms with E-state index in [0.29, 0.717) is 17.7 Å². The van der Waals surface area contributed by atoms with Crippen molar-refractivity contribution in [2.45, 2.75) is 31.9 Å². The molecule has 0 heterocycles. The highest BCUT2D eigenvalue weighted by Gasteiger charge is 2.50. The summed E-state index contributed by atoms with van der Waals surface area (Å²) < 4.78 is 40.8. The van der Waals surface area contributed by atoms with Gasteiger partial charge in [0.1, 0.15) is 6.61 Å². The first-order valence-electron chi connectivity index (χ1n) is 5.66. The van der Waals surface area contributed by atoms with E-state index in [1.165, 1.54) is 6.42 Å². The lowest BCUT2D eigenvalue weighted by Crippen LogP contribution is -2.36. The number of fused-ring (bicyclic) bond motifs is 2. The van der Waals surface area contributed by atoms with Gasteiger partial charge in [0.15, 0.2) is 0 Å². The van der Waals surface area contributed by atoms with Gasteiger partial charge >= 0.3 is 6.18 Å². The molecule has 3 atom stereocenters. The molecule has 2 aliphatic rings. The van der Waals surface area contributed by atoms with Crippen molar-refractivity contribution in [3.8, 4) is 0 Å². The third-order valence-electron chi connectivity index (χ3n) is 4.02. The summed E-state index contributed by atoms with van der Waals surface area (Å²) in [5, 5.41) is 0. The second-order valence-electron chi connectivity index (χ2n) is 5.18. The van der Waals surface area contributed by atoms with Crippen LogP contribution in [0.5, 0.6) is 0 Å². The number of alkyl halides is 4. The summed E-state index contributed by atoms with van der Waals surface area (Å²) in [7, 11) is 0. The Morgan fingerprint density at radius 1 is 1.31 bits per heavy atom. The van der Waals surface area contributed by atoms with Crippen molar-refractivity contribution in [3.05, 3.63) is 0 Å². The van der Waals surface area contributed by atoms with Gasteiger partial charge in [-0.3, -0.25) is 0 Å². The Balaban J connectivity index is 1.87. The third-order valence-corrected chi connectivity index (χ3v) is 4.56. The Kier molecular flexibility index (Phi) is 3.41. The number of rotatable bonds is 4. The van der Waals surface area contributed by atoms with Gasteiger partial charge in [0, 0.05) is 11.3 Å². The van der Waals surface area contributed by atoms with Crippen LogP contribution < -0.4 is 0 Å². The molecular formula is C11H16ClF3O. The lowest BCUT2D eigenvalue weighted by Gasteiger charge is -2.35. The normalized spacial score (nSPS) is 38.2. The summed E-state index contributed by atoms with van der Waals surface area (Å²) in [6.07, 6.45) is 0.154. The van der Waals surface area contributed by atoms with Crippen molar-refractivity contribution < 1.29 is 17.9 Å². The summed E-state index contributed by atoms with van der Waals surface area (Å²) in [5.74, 6) is 1.56. The first kappa shape index (κ1) is 12.5. The van der Waals surface area contributed by atoms with Crippen LogP contribution in [0.15, 0.2) is 0 Å². The summed E-state index contributed by atoms with van der Waals surface area (Å²) in [6.45, 7) is -0.986. The molecule has 94 valence electrons. The smallest absolute Gasteiger partial charge is 0.371 e. The molecule has 0 saturated heterocycles. The first-order chi connectivity index (χ1) is 7.45. The molecule has 2 rings (SSSR count). The number of hydrogen-bond donors (Lipinski definition) is 0. The molecule has 0 N–H and O–H groups in total. The molecule has 1 nitrogen and oxygen atoms in total. The monoisotopic (exact) mass is 256 g/mol. The molecule has 2 saturated carbocycles. The Labute approximate surface area is 98.3 Å². The van der Waals surface area contributed by atoms with E-state index in [1.807, 2.05) is 0 Å². The van der Waals surface area contributed by atoms with Crippen LogP contribution in [-0.2, 0) is 4.74 Å². The van der Waals surface area contributed by atoms with E-state index < -0.39 is 12.8 Å². The maximum absolute atomic E-state index is 12.0. The quantitative estimate of drug-likeness (QED) is 0.698. The van der Waals surface area contributed by atoms with Gasteiger partial charge in [0.2, 0.25) is 0 Å². The van der Waals surface area contributed by atoms with Crippen LogP contribution in [0.3, 0.4) is 0 Å². The average Bonchev–Trinajstić information content (AvgIpc) is 2.75. The minimum atomic E-state index is -4.23. The topological polar surface area (TPSA) is 9.23 Å². The standard InChI is InChI=1S/C11H16ClF3O/c12-5-10(6-16-7-11(13,14)15)4-8-1-2-9(10)3-8/h8-9H,1-7H2. The summed E-state index contributed by atoms with van der Waals surface area (Å²) >= 11 is 5.95. The van der Waals surface area contributed by atoms with Crippen LogP contribution in [-0.4, -0.2) is 25.3 Å². The molecule has 3 unspecified atom stereocenters. The van der Waals surface area contributed by atoms with Gasteiger partial charge < -0.3 is 4.74 Å². The number of hydrogen-bond acceptors (Lipinski definition) is 1. The predicted molar refractivity (Wildman–Crippen MR) is 55.5 cm³/mol. The zero-order valence-corrected chi connectivity index (χ0v) is 9.78. The van der Waals surface area contributed by atoms with Crippen molar-refractivity contribution in [3.63, 3.8) is 0 Å². The molecule has 2 bridgehead atoms. The minimum absolute atomic E-state index is 0.164. The highest BCUT2D eigenvalue weighted by Crippen LogP contribution is 2.56. The Morgan fingerprint density at radius 3 is 2.50 bits per heavy atom. The predicted octanol–water partition coefficient (Wildman–Crippen LogP) is 3.61. The van der Waals surface area contributed by atoms with Crippen molar-refractivity contribution in [1.82, 2.24) is 0 Å². The highest BCUT2D eigenvalue weighted by molar-refractivity contribution is 6.18. The summed E-state index contributed by atoms with van der Waals surface area (Å²) in [6, 6.07) is 0. The molecule has 16 heavy (non-hydrogen) atoms. The third kappa shape index (κ3) is 2.48. The lowest BCUT2D eigenvalue weighted by molar-refractivity contribution is -0.182. The second kappa shape index (κ2) is 4.37. The molecule has 0 aliphatic heterocycles. The number of ether oxygens (including phenoxy) is 1. The lowest BCUT2D eigenvalue weighted by atomic mass is 9.75. The average molecular weight is 257 g/mol. The Hall–Kier alpha value is 0.0400. The van der Waals surface area contributed by atoms with Crippen LogP contribution in [0.2, 0.25) is 0 Å². The van der Waals surface area contributed by atoms with E-state index in [-0.39, 0.29) is 12.0 Å². The molecule has 5 heteroatoms. The second-order valence-corrected chi connectivity index (χ2v) is 5.45. The van der Waals surface area contributed by atoms with Gasteiger partial charge in [-0.05, 0) is 31.1 Å².